The second kappa shape index (κ2) is 6.99. The van der Waals surface area contributed by atoms with Crippen molar-refractivity contribution in [2.45, 2.75) is 39.7 Å². The van der Waals surface area contributed by atoms with Crippen LogP contribution >= 0.6 is 11.8 Å². The van der Waals surface area contributed by atoms with E-state index >= 15 is 0 Å². The Morgan fingerprint density at radius 1 is 1.27 bits per heavy atom. The van der Waals surface area contributed by atoms with Crippen LogP contribution in [-0.4, -0.2) is 17.5 Å². The summed E-state index contributed by atoms with van der Waals surface area (Å²) in [4.78, 5) is 0. The molecule has 2 heteroatoms. The molecule has 0 saturated carbocycles. The third-order valence-corrected chi connectivity index (χ3v) is 2.88. The second-order valence-corrected chi connectivity index (χ2v) is 4.74. The molecule has 0 aromatic rings. The number of hydrogen-bond acceptors (Lipinski definition) is 2. The van der Waals surface area contributed by atoms with Crippen LogP contribution in [0.4, 0.5) is 0 Å². The fourth-order valence-electron chi connectivity index (χ4n) is 0.826. The Balaban J connectivity index is 2.91. The van der Waals surface area contributed by atoms with E-state index in [9.17, 15) is 0 Å². The average Bonchev–Trinajstić information content (AvgIpc) is 1.85. The first-order chi connectivity index (χ1) is 5.13. The smallest absolute Gasteiger partial charge is 0.00107 e. The molecule has 0 aliphatic heterocycles. The maximum Gasteiger partial charge on any atom is 0.00107 e. The van der Waals surface area contributed by atoms with Crippen LogP contribution < -0.4 is 5.73 Å². The molecule has 1 atom stereocenters. The summed E-state index contributed by atoms with van der Waals surface area (Å²) in [6, 6.07) is 0.384. The van der Waals surface area contributed by atoms with Crippen molar-refractivity contribution in [3.8, 4) is 0 Å². The van der Waals surface area contributed by atoms with Gasteiger partial charge in [-0.3, -0.25) is 0 Å². The van der Waals surface area contributed by atoms with Crippen LogP contribution in [0.25, 0.3) is 0 Å². The van der Waals surface area contributed by atoms with Crippen LogP contribution in [0.3, 0.4) is 0 Å². The molecular formula is C9H21NS. The molecule has 0 aliphatic rings. The van der Waals surface area contributed by atoms with E-state index in [1.54, 1.807) is 0 Å². The minimum atomic E-state index is 0.384. The summed E-state index contributed by atoms with van der Waals surface area (Å²) in [7, 11) is 0. The highest BCUT2D eigenvalue weighted by atomic mass is 32.2. The van der Waals surface area contributed by atoms with Gasteiger partial charge in [-0.25, -0.2) is 0 Å². The molecule has 1 unspecified atom stereocenters. The Bertz CT molecular complexity index is 71.6. The van der Waals surface area contributed by atoms with Crippen molar-refractivity contribution in [3.05, 3.63) is 0 Å². The van der Waals surface area contributed by atoms with Gasteiger partial charge in [0.1, 0.15) is 0 Å². The van der Waals surface area contributed by atoms with E-state index in [-0.39, 0.29) is 0 Å². The molecule has 0 fully saturated rings. The third kappa shape index (κ3) is 10.3. The van der Waals surface area contributed by atoms with Gasteiger partial charge in [0.2, 0.25) is 0 Å². The number of nitrogens with two attached hydrogens (primary N) is 1. The Hall–Kier alpha value is 0.310. The summed E-state index contributed by atoms with van der Waals surface area (Å²) in [6.07, 6.45) is 2.44. The second-order valence-electron chi connectivity index (χ2n) is 3.59. The van der Waals surface area contributed by atoms with Gasteiger partial charge >= 0.3 is 0 Å². The maximum absolute atomic E-state index is 5.63. The fourth-order valence-corrected chi connectivity index (χ4v) is 1.84. The summed E-state index contributed by atoms with van der Waals surface area (Å²) in [5.74, 6) is 3.40. The number of thioether (sulfide) groups is 1. The van der Waals surface area contributed by atoms with Crippen LogP contribution in [0.2, 0.25) is 0 Å². The first kappa shape index (κ1) is 11.3. The maximum atomic E-state index is 5.63. The fraction of sp³-hybridized carbons (Fsp3) is 1.00. The first-order valence-electron chi connectivity index (χ1n) is 4.46. The summed E-state index contributed by atoms with van der Waals surface area (Å²) in [5.41, 5.74) is 5.63. The minimum Gasteiger partial charge on any atom is -0.328 e. The van der Waals surface area contributed by atoms with Gasteiger partial charge in [0.25, 0.3) is 0 Å². The Kier molecular flexibility index (Phi) is 7.18. The summed E-state index contributed by atoms with van der Waals surface area (Å²) in [5, 5.41) is 0. The molecule has 68 valence electrons. The molecule has 0 aromatic heterocycles. The normalized spacial score (nSPS) is 13.9. The molecule has 0 spiro atoms. The van der Waals surface area contributed by atoms with Gasteiger partial charge in [0.05, 0.1) is 0 Å². The van der Waals surface area contributed by atoms with Crippen molar-refractivity contribution in [3.63, 3.8) is 0 Å². The van der Waals surface area contributed by atoms with E-state index in [0.29, 0.717) is 6.04 Å². The van der Waals surface area contributed by atoms with Gasteiger partial charge in [0, 0.05) is 6.04 Å². The van der Waals surface area contributed by atoms with E-state index in [0.717, 1.165) is 5.92 Å². The molecule has 0 rings (SSSR count). The lowest BCUT2D eigenvalue weighted by atomic mass is 10.2. The molecule has 0 saturated heterocycles. The van der Waals surface area contributed by atoms with E-state index in [2.05, 4.69) is 20.8 Å². The predicted octanol–water partition coefficient (Wildman–Crippen LogP) is 2.50. The molecule has 0 heterocycles. The van der Waals surface area contributed by atoms with Crippen molar-refractivity contribution in [2.24, 2.45) is 11.7 Å². The summed E-state index contributed by atoms with van der Waals surface area (Å²) < 4.78 is 0. The molecule has 0 radical (unpaired) electrons. The van der Waals surface area contributed by atoms with Gasteiger partial charge in [-0.15, -0.1) is 0 Å². The topological polar surface area (TPSA) is 26.0 Å². The molecule has 0 aromatic carbocycles. The number of rotatable bonds is 6. The predicted molar refractivity (Wildman–Crippen MR) is 55.0 cm³/mol. The lowest BCUT2D eigenvalue weighted by Gasteiger charge is -2.05. The molecule has 0 aliphatic carbocycles. The molecular weight excluding hydrogens is 154 g/mol. The average molecular weight is 175 g/mol. The van der Waals surface area contributed by atoms with Crippen LogP contribution in [0, 0.1) is 5.92 Å². The largest absolute Gasteiger partial charge is 0.328 e. The highest BCUT2D eigenvalue weighted by molar-refractivity contribution is 7.99. The van der Waals surface area contributed by atoms with E-state index in [1.165, 1.54) is 24.3 Å². The zero-order valence-electron chi connectivity index (χ0n) is 7.97. The molecule has 1 nitrogen and oxygen atoms in total. The molecule has 11 heavy (non-hydrogen) atoms. The first-order valence-corrected chi connectivity index (χ1v) is 5.61. The highest BCUT2D eigenvalue weighted by Crippen LogP contribution is 2.10. The molecule has 2 N–H and O–H groups in total. The van der Waals surface area contributed by atoms with Crippen LogP contribution in [0.15, 0.2) is 0 Å². The number of hydrogen-bond donors (Lipinski definition) is 1. The molecule has 0 bridgehead atoms. The van der Waals surface area contributed by atoms with E-state index in [1.807, 2.05) is 11.8 Å². The zero-order chi connectivity index (χ0) is 8.69. The third-order valence-electron chi connectivity index (χ3n) is 1.40. The summed E-state index contributed by atoms with van der Waals surface area (Å²) in [6.45, 7) is 6.60. The van der Waals surface area contributed by atoms with Gasteiger partial charge in [-0.1, -0.05) is 13.8 Å². The van der Waals surface area contributed by atoms with Crippen molar-refractivity contribution in [1.82, 2.24) is 0 Å². The van der Waals surface area contributed by atoms with Crippen molar-refractivity contribution in [2.75, 3.05) is 11.5 Å². The Morgan fingerprint density at radius 2 is 1.91 bits per heavy atom. The lowest BCUT2D eigenvalue weighted by molar-refractivity contribution is 0.656. The zero-order valence-corrected chi connectivity index (χ0v) is 8.79. The van der Waals surface area contributed by atoms with Gasteiger partial charge in [-0.05, 0) is 37.2 Å². The highest BCUT2D eigenvalue weighted by Gasteiger charge is 1.96. The van der Waals surface area contributed by atoms with Crippen LogP contribution in [0.5, 0.6) is 0 Å². The van der Waals surface area contributed by atoms with Crippen molar-refractivity contribution >= 4 is 11.8 Å². The molecule has 0 amide bonds. The van der Waals surface area contributed by atoms with Gasteiger partial charge < -0.3 is 5.73 Å². The van der Waals surface area contributed by atoms with E-state index in [4.69, 9.17) is 5.73 Å². The van der Waals surface area contributed by atoms with E-state index < -0.39 is 0 Å². The summed E-state index contributed by atoms with van der Waals surface area (Å²) >= 11 is 2.05. The quantitative estimate of drug-likeness (QED) is 0.628. The van der Waals surface area contributed by atoms with Crippen LogP contribution in [-0.2, 0) is 0 Å². The Labute approximate surface area is 75.1 Å². The Morgan fingerprint density at radius 3 is 2.36 bits per heavy atom. The van der Waals surface area contributed by atoms with Crippen molar-refractivity contribution in [1.29, 1.82) is 0 Å². The lowest BCUT2D eigenvalue weighted by Crippen LogP contribution is -2.14. The van der Waals surface area contributed by atoms with Crippen molar-refractivity contribution < 1.29 is 0 Å². The standard InChI is InChI=1S/C9H21NS/c1-8(2)7-11-6-4-5-9(3)10/h8-9H,4-7,10H2,1-3H3. The minimum absolute atomic E-state index is 0.384. The SMILES string of the molecule is CC(C)CSCCCC(C)N. The van der Waals surface area contributed by atoms with Crippen LogP contribution in [0.1, 0.15) is 33.6 Å². The van der Waals surface area contributed by atoms with Gasteiger partial charge in [-0.2, -0.15) is 11.8 Å². The monoisotopic (exact) mass is 175 g/mol. The van der Waals surface area contributed by atoms with Gasteiger partial charge in [0.15, 0.2) is 0 Å².